The van der Waals surface area contributed by atoms with Crippen molar-refractivity contribution < 1.29 is 0 Å². The molecule has 0 aliphatic heterocycles. The summed E-state index contributed by atoms with van der Waals surface area (Å²) in [6.07, 6.45) is 0. The predicted octanol–water partition coefficient (Wildman–Crippen LogP) is 3.97. The molecule has 0 amide bonds. The molecule has 0 spiro atoms. The fourth-order valence-electron chi connectivity index (χ4n) is 1.69. The van der Waals surface area contributed by atoms with E-state index in [1.165, 1.54) is 11.7 Å². The Kier molecular flexibility index (Phi) is 3.15. The standard InChI is InChI=1S/C11H9ClN4S2/c1-6(9-4-17-5-13-9)14-10-7(12)2-3-8-11(10)16-18-15-8/h2-6,14H,1H3. The lowest BCUT2D eigenvalue weighted by Crippen LogP contribution is -2.07. The highest BCUT2D eigenvalue weighted by Crippen LogP contribution is 2.32. The van der Waals surface area contributed by atoms with Crippen LogP contribution in [0, 0.1) is 0 Å². The zero-order chi connectivity index (χ0) is 12.5. The molecule has 4 nitrogen and oxygen atoms in total. The highest BCUT2D eigenvalue weighted by atomic mass is 35.5. The van der Waals surface area contributed by atoms with Gasteiger partial charge in [0, 0.05) is 5.38 Å². The molecule has 0 bridgehead atoms. The maximum absolute atomic E-state index is 6.22. The van der Waals surface area contributed by atoms with E-state index in [2.05, 4.69) is 19.0 Å². The van der Waals surface area contributed by atoms with Crippen molar-refractivity contribution in [3.05, 3.63) is 33.7 Å². The van der Waals surface area contributed by atoms with Crippen molar-refractivity contribution in [2.75, 3.05) is 5.32 Å². The molecule has 0 aliphatic carbocycles. The van der Waals surface area contributed by atoms with Crippen LogP contribution in [-0.2, 0) is 0 Å². The first-order valence-corrected chi connectivity index (χ1v) is 7.36. The minimum atomic E-state index is 0.0843. The largest absolute Gasteiger partial charge is 0.374 e. The lowest BCUT2D eigenvalue weighted by Gasteiger charge is -2.14. The highest BCUT2D eigenvalue weighted by molar-refractivity contribution is 7.07. The molecule has 1 N–H and O–H groups in total. The van der Waals surface area contributed by atoms with Gasteiger partial charge in [-0.1, -0.05) is 11.6 Å². The Morgan fingerprint density at radius 2 is 2.22 bits per heavy atom. The fraction of sp³-hybridized carbons (Fsp3) is 0.182. The van der Waals surface area contributed by atoms with Crippen LogP contribution in [-0.4, -0.2) is 13.7 Å². The molecular weight excluding hydrogens is 288 g/mol. The molecule has 1 atom stereocenters. The van der Waals surface area contributed by atoms with Gasteiger partial charge in [0.2, 0.25) is 0 Å². The van der Waals surface area contributed by atoms with Crippen LogP contribution >= 0.6 is 34.7 Å². The SMILES string of the molecule is CC(Nc1c(Cl)ccc2nsnc12)c1cscn1. The van der Waals surface area contributed by atoms with E-state index in [-0.39, 0.29) is 6.04 Å². The first-order valence-electron chi connectivity index (χ1n) is 5.31. The second-order valence-electron chi connectivity index (χ2n) is 3.83. The minimum absolute atomic E-state index is 0.0843. The summed E-state index contributed by atoms with van der Waals surface area (Å²) in [7, 11) is 0. The summed E-state index contributed by atoms with van der Waals surface area (Å²) >= 11 is 8.99. The van der Waals surface area contributed by atoms with Gasteiger partial charge in [-0.3, -0.25) is 0 Å². The quantitative estimate of drug-likeness (QED) is 0.794. The Morgan fingerprint density at radius 1 is 1.33 bits per heavy atom. The maximum Gasteiger partial charge on any atom is 0.129 e. The summed E-state index contributed by atoms with van der Waals surface area (Å²) in [6.45, 7) is 2.05. The van der Waals surface area contributed by atoms with Crippen LogP contribution in [0.3, 0.4) is 0 Å². The number of rotatable bonds is 3. The molecule has 0 aliphatic rings. The lowest BCUT2D eigenvalue weighted by molar-refractivity contribution is 0.851. The van der Waals surface area contributed by atoms with Crippen LogP contribution in [0.15, 0.2) is 23.0 Å². The number of hydrogen-bond donors (Lipinski definition) is 1. The Labute approximate surface area is 117 Å². The summed E-state index contributed by atoms with van der Waals surface area (Å²) in [5.41, 5.74) is 5.31. The van der Waals surface area contributed by atoms with E-state index in [1.54, 1.807) is 11.3 Å². The molecule has 3 rings (SSSR count). The van der Waals surface area contributed by atoms with Crippen molar-refractivity contribution in [2.24, 2.45) is 0 Å². The smallest absolute Gasteiger partial charge is 0.129 e. The summed E-state index contributed by atoms with van der Waals surface area (Å²) in [5, 5.41) is 6.03. The molecule has 2 heterocycles. The molecule has 1 aromatic carbocycles. The predicted molar refractivity (Wildman–Crippen MR) is 76.6 cm³/mol. The number of nitrogens with zero attached hydrogens (tertiary/aromatic N) is 3. The van der Waals surface area contributed by atoms with E-state index in [9.17, 15) is 0 Å². The summed E-state index contributed by atoms with van der Waals surface area (Å²) in [5.74, 6) is 0. The molecule has 18 heavy (non-hydrogen) atoms. The average Bonchev–Trinajstić information content (AvgIpc) is 3.02. The van der Waals surface area contributed by atoms with Gasteiger partial charge in [0.25, 0.3) is 0 Å². The van der Waals surface area contributed by atoms with Crippen LogP contribution in [0.25, 0.3) is 11.0 Å². The number of halogens is 1. The van der Waals surface area contributed by atoms with E-state index in [0.717, 1.165) is 22.4 Å². The molecule has 2 aromatic heterocycles. The van der Waals surface area contributed by atoms with Crippen LogP contribution in [0.2, 0.25) is 5.02 Å². The topological polar surface area (TPSA) is 50.7 Å². The summed E-state index contributed by atoms with van der Waals surface area (Å²) in [4.78, 5) is 4.29. The number of benzene rings is 1. The van der Waals surface area contributed by atoms with Gasteiger partial charge >= 0.3 is 0 Å². The van der Waals surface area contributed by atoms with Crippen LogP contribution < -0.4 is 5.32 Å². The number of anilines is 1. The molecule has 0 saturated carbocycles. The Bertz CT molecular complexity index is 665. The van der Waals surface area contributed by atoms with Gasteiger partial charge in [0.15, 0.2) is 0 Å². The third-order valence-electron chi connectivity index (χ3n) is 2.63. The molecule has 7 heteroatoms. The van der Waals surface area contributed by atoms with Gasteiger partial charge in [-0.25, -0.2) is 4.98 Å². The van der Waals surface area contributed by atoms with Crippen molar-refractivity contribution in [1.29, 1.82) is 0 Å². The fourth-order valence-corrected chi connectivity index (χ4v) is 3.09. The monoisotopic (exact) mass is 296 g/mol. The van der Waals surface area contributed by atoms with Crippen molar-refractivity contribution in [3.8, 4) is 0 Å². The number of hydrogen-bond acceptors (Lipinski definition) is 6. The number of thiazole rings is 1. The Morgan fingerprint density at radius 3 is 3.00 bits per heavy atom. The van der Waals surface area contributed by atoms with Crippen molar-refractivity contribution in [3.63, 3.8) is 0 Å². The number of fused-ring (bicyclic) bond motifs is 1. The number of nitrogens with one attached hydrogen (secondary N) is 1. The lowest BCUT2D eigenvalue weighted by atomic mass is 10.2. The molecular formula is C11H9ClN4S2. The third kappa shape index (κ3) is 2.07. The molecule has 0 fully saturated rings. The maximum atomic E-state index is 6.22. The van der Waals surface area contributed by atoms with Gasteiger partial charge in [0.1, 0.15) is 11.0 Å². The number of aromatic nitrogens is 3. The average molecular weight is 297 g/mol. The van der Waals surface area contributed by atoms with Crippen LogP contribution in [0.5, 0.6) is 0 Å². The highest BCUT2D eigenvalue weighted by Gasteiger charge is 2.14. The van der Waals surface area contributed by atoms with E-state index < -0.39 is 0 Å². The van der Waals surface area contributed by atoms with Crippen LogP contribution in [0.4, 0.5) is 5.69 Å². The van der Waals surface area contributed by atoms with Crippen molar-refractivity contribution >= 4 is 51.4 Å². The second kappa shape index (κ2) is 4.79. The Hall–Kier alpha value is -1.24. The van der Waals surface area contributed by atoms with Gasteiger partial charge in [-0.15, -0.1) is 11.3 Å². The molecule has 3 aromatic rings. The van der Waals surface area contributed by atoms with E-state index in [0.29, 0.717) is 5.02 Å². The molecule has 0 saturated heterocycles. The Balaban J connectivity index is 1.99. The molecule has 92 valence electrons. The van der Waals surface area contributed by atoms with E-state index in [4.69, 9.17) is 11.6 Å². The third-order valence-corrected chi connectivity index (χ3v) is 4.10. The first-order chi connectivity index (χ1) is 8.75. The first kappa shape index (κ1) is 11.8. The minimum Gasteiger partial charge on any atom is -0.374 e. The van der Waals surface area contributed by atoms with Crippen molar-refractivity contribution in [1.82, 2.24) is 13.7 Å². The zero-order valence-electron chi connectivity index (χ0n) is 9.42. The van der Waals surface area contributed by atoms with E-state index in [1.807, 2.05) is 29.9 Å². The molecule has 1 unspecified atom stereocenters. The van der Waals surface area contributed by atoms with Crippen LogP contribution in [0.1, 0.15) is 18.7 Å². The van der Waals surface area contributed by atoms with Gasteiger partial charge in [-0.2, -0.15) is 8.75 Å². The van der Waals surface area contributed by atoms with Gasteiger partial charge in [0.05, 0.1) is 39.7 Å². The summed E-state index contributed by atoms with van der Waals surface area (Å²) < 4.78 is 8.49. The van der Waals surface area contributed by atoms with Gasteiger partial charge < -0.3 is 5.32 Å². The normalized spacial score (nSPS) is 12.8. The van der Waals surface area contributed by atoms with E-state index >= 15 is 0 Å². The molecule has 0 radical (unpaired) electrons. The second-order valence-corrected chi connectivity index (χ2v) is 5.49. The summed E-state index contributed by atoms with van der Waals surface area (Å²) in [6, 6.07) is 3.79. The van der Waals surface area contributed by atoms with Crippen molar-refractivity contribution in [2.45, 2.75) is 13.0 Å². The van der Waals surface area contributed by atoms with Gasteiger partial charge in [-0.05, 0) is 19.1 Å². The zero-order valence-corrected chi connectivity index (χ0v) is 11.8.